The second-order valence-electron chi connectivity index (χ2n) is 10.0. The summed E-state index contributed by atoms with van der Waals surface area (Å²) in [6.07, 6.45) is -0.644. The highest BCUT2D eigenvalue weighted by atomic mass is 16.5. The van der Waals surface area contributed by atoms with Crippen LogP contribution in [0.5, 0.6) is 0 Å². The third-order valence-electron chi connectivity index (χ3n) is 6.34. The Balaban J connectivity index is 1.91. The first-order valence-electron chi connectivity index (χ1n) is 10.4. The van der Waals surface area contributed by atoms with Crippen molar-refractivity contribution in [3.05, 3.63) is 35.9 Å². The zero-order valence-electron chi connectivity index (χ0n) is 17.7. The largest absolute Gasteiger partial charge is 0.396 e. The molecule has 0 saturated heterocycles. The Morgan fingerprint density at radius 2 is 1.64 bits per heavy atom. The molecule has 0 unspecified atom stereocenters. The molecule has 3 N–H and O–H groups in total. The molecule has 0 radical (unpaired) electrons. The summed E-state index contributed by atoms with van der Waals surface area (Å²) in [5, 5.41) is 31.9. The molecule has 1 aromatic rings. The summed E-state index contributed by atoms with van der Waals surface area (Å²) >= 11 is 0. The van der Waals surface area contributed by atoms with Crippen LogP contribution < -0.4 is 0 Å². The lowest BCUT2D eigenvalue weighted by molar-refractivity contribution is -0.128. The summed E-state index contributed by atoms with van der Waals surface area (Å²) in [7, 11) is 0. The minimum Gasteiger partial charge on any atom is -0.396 e. The van der Waals surface area contributed by atoms with Crippen LogP contribution in [0.1, 0.15) is 46.6 Å². The van der Waals surface area contributed by atoms with Crippen molar-refractivity contribution in [3.63, 3.8) is 0 Å². The molecule has 3 rings (SSSR count). The first-order valence-corrected chi connectivity index (χ1v) is 10.4. The van der Waals surface area contributed by atoms with Crippen LogP contribution in [0, 0.1) is 23.7 Å². The van der Waals surface area contributed by atoms with Crippen molar-refractivity contribution in [1.82, 2.24) is 0 Å². The Hall–Kier alpha value is -0.980. The third kappa shape index (κ3) is 4.44. The maximum absolute atomic E-state index is 10.9. The summed E-state index contributed by atoms with van der Waals surface area (Å²) < 4.78 is 12.7. The van der Waals surface area contributed by atoms with E-state index in [0.29, 0.717) is 13.0 Å². The van der Waals surface area contributed by atoms with Gasteiger partial charge in [0.25, 0.3) is 0 Å². The van der Waals surface area contributed by atoms with E-state index in [9.17, 15) is 15.3 Å². The SMILES string of the molecule is CC(C)(C)O[C@@H]1[C@H](CO)[C@@H](OCc2ccccc2)[C@H]2[C@@H]1[C@@H](O)C[C@@H]2C(C)(C)O. The number of fused-ring (bicyclic) bond motifs is 1. The van der Waals surface area contributed by atoms with Crippen molar-refractivity contribution < 1.29 is 24.8 Å². The molecule has 28 heavy (non-hydrogen) atoms. The lowest BCUT2D eigenvalue weighted by Gasteiger charge is -2.35. The van der Waals surface area contributed by atoms with Gasteiger partial charge in [0.2, 0.25) is 0 Å². The Morgan fingerprint density at radius 1 is 1.00 bits per heavy atom. The molecule has 5 heteroatoms. The van der Waals surface area contributed by atoms with Gasteiger partial charge in [-0.25, -0.2) is 0 Å². The molecule has 0 bridgehead atoms. The number of benzene rings is 1. The van der Waals surface area contributed by atoms with E-state index in [4.69, 9.17) is 9.47 Å². The number of aliphatic hydroxyl groups is 3. The molecule has 2 aliphatic rings. The molecule has 7 atom stereocenters. The van der Waals surface area contributed by atoms with E-state index in [2.05, 4.69) is 0 Å². The number of ether oxygens (including phenoxy) is 2. The topological polar surface area (TPSA) is 79.2 Å². The summed E-state index contributed by atoms with van der Waals surface area (Å²) in [6, 6.07) is 9.95. The van der Waals surface area contributed by atoms with E-state index in [1.165, 1.54) is 0 Å². The fraction of sp³-hybridized carbons (Fsp3) is 0.739. The molecule has 0 aromatic heterocycles. The van der Waals surface area contributed by atoms with Gasteiger partial charge in [0, 0.05) is 11.8 Å². The normalized spacial score (nSPS) is 35.9. The molecular weight excluding hydrogens is 356 g/mol. The van der Waals surface area contributed by atoms with Crippen LogP contribution in [-0.4, -0.2) is 51.4 Å². The Bertz CT molecular complexity index is 633. The predicted octanol–water partition coefficient (Wildman–Crippen LogP) is 2.76. The summed E-state index contributed by atoms with van der Waals surface area (Å²) in [4.78, 5) is 0. The van der Waals surface area contributed by atoms with E-state index in [1.54, 1.807) is 13.8 Å². The number of hydrogen-bond acceptors (Lipinski definition) is 5. The molecule has 1 aromatic carbocycles. The summed E-state index contributed by atoms with van der Waals surface area (Å²) in [5.74, 6) is -0.578. The lowest BCUT2D eigenvalue weighted by atomic mass is 9.79. The molecule has 158 valence electrons. The van der Waals surface area contributed by atoms with Crippen LogP contribution in [0.15, 0.2) is 30.3 Å². The molecule has 2 aliphatic carbocycles. The fourth-order valence-electron chi connectivity index (χ4n) is 5.29. The average molecular weight is 393 g/mol. The van der Waals surface area contributed by atoms with Gasteiger partial charge in [0.1, 0.15) is 0 Å². The predicted molar refractivity (Wildman–Crippen MR) is 108 cm³/mol. The maximum Gasteiger partial charge on any atom is 0.0720 e. The van der Waals surface area contributed by atoms with Crippen molar-refractivity contribution in [2.75, 3.05) is 6.61 Å². The molecule has 2 saturated carbocycles. The molecule has 5 nitrogen and oxygen atoms in total. The highest BCUT2D eigenvalue weighted by Crippen LogP contribution is 2.55. The monoisotopic (exact) mass is 392 g/mol. The van der Waals surface area contributed by atoms with E-state index >= 15 is 0 Å². The molecule has 0 amide bonds. The minimum absolute atomic E-state index is 0.0665. The molecule has 0 aliphatic heterocycles. The first kappa shape index (κ1) is 21.7. The zero-order valence-corrected chi connectivity index (χ0v) is 17.7. The highest BCUT2D eigenvalue weighted by Gasteiger charge is 2.63. The van der Waals surface area contributed by atoms with Crippen LogP contribution in [0.2, 0.25) is 0 Å². The molecule has 0 spiro atoms. The van der Waals surface area contributed by atoms with Crippen molar-refractivity contribution in [2.45, 2.75) is 77.2 Å². The van der Waals surface area contributed by atoms with Crippen molar-refractivity contribution in [3.8, 4) is 0 Å². The van der Waals surface area contributed by atoms with Gasteiger partial charge in [0.15, 0.2) is 0 Å². The van der Waals surface area contributed by atoms with Crippen molar-refractivity contribution >= 4 is 0 Å². The molecular formula is C23H36O5. The average Bonchev–Trinajstić information content (AvgIpc) is 3.08. The zero-order chi connectivity index (χ0) is 20.7. The highest BCUT2D eigenvalue weighted by molar-refractivity contribution is 5.15. The Kier molecular flexibility index (Phi) is 6.23. The van der Waals surface area contributed by atoms with E-state index in [0.717, 1.165) is 5.56 Å². The second kappa shape index (κ2) is 8.04. The van der Waals surface area contributed by atoms with Gasteiger partial charge in [-0.05, 0) is 58.4 Å². The van der Waals surface area contributed by atoms with Gasteiger partial charge >= 0.3 is 0 Å². The van der Waals surface area contributed by atoms with Crippen LogP contribution in [0.25, 0.3) is 0 Å². The lowest BCUT2D eigenvalue weighted by Crippen LogP contribution is -2.41. The van der Waals surface area contributed by atoms with Gasteiger partial charge < -0.3 is 24.8 Å². The number of hydrogen-bond donors (Lipinski definition) is 3. The van der Waals surface area contributed by atoms with Crippen LogP contribution in [-0.2, 0) is 16.1 Å². The van der Waals surface area contributed by atoms with Crippen LogP contribution in [0.3, 0.4) is 0 Å². The van der Waals surface area contributed by atoms with Gasteiger partial charge in [-0.2, -0.15) is 0 Å². The van der Waals surface area contributed by atoms with Crippen LogP contribution in [0.4, 0.5) is 0 Å². The molecule has 2 fully saturated rings. The van der Waals surface area contributed by atoms with Crippen molar-refractivity contribution in [1.29, 1.82) is 0 Å². The number of rotatable bonds is 6. The standard InChI is InChI=1S/C23H36O5/c1-22(2,3)28-21-15(12-24)20(27-13-14-9-7-6-8-10-14)18-16(23(4,5)26)11-17(25)19(18)21/h6-10,15-21,24-26H,11-13H2,1-5H3/t15-,16+,17+,18-,19+,20-,21-/m1/s1. The van der Waals surface area contributed by atoms with E-state index in [-0.39, 0.29) is 42.5 Å². The van der Waals surface area contributed by atoms with E-state index in [1.807, 2.05) is 51.1 Å². The van der Waals surface area contributed by atoms with Crippen molar-refractivity contribution in [2.24, 2.45) is 23.7 Å². The van der Waals surface area contributed by atoms with E-state index < -0.39 is 17.3 Å². The Labute approximate surface area is 168 Å². The van der Waals surface area contributed by atoms with Gasteiger partial charge in [-0.1, -0.05) is 30.3 Å². The first-order chi connectivity index (χ1) is 13.0. The smallest absolute Gasteiger partial charge is 0.0720 e. The quantitative estimate of drug-likeness (QED) is 0.694. The summed E-state index contributed by atoms with van der Waals surface area (Å²) in [5.41, 5.74) is -0.274. The molecule has 0 heterocycles. The van der Waals surface area contributed by atoms with Gasteiger partial charge in [0.05, 0.1) is 42.7 Å². The maximum atomic E-state index is 10.9. The Morgan fingerprint density at radius 3 is 2.18 bits per heavy atom. The second-order valence-corrected chi connectivity index (χ2v) is 10.0. The third-order valence-corrected chi connectivity index (χ3v) is 6.34. The van der Waals surface area contributed by atoms with Crippen LogP contribution >= 0.6 is 0 Å². The van der Waals surface area contributed by atoms with Gasteiger partial charge in [-0.3, -0.25) is 0 Å². The number of aliphatic hydroxyl groups excluding tert-OH is 2. The fourth-order valence-corrected chi connectivity index (χ4v) is 5.29. The minimum atomic E-state index is -0.939. The summed E-state index contributed by atoms with van der Waals surface area (Å²) in [6.45, 7) is 9.93. The van der Waals surface area contributed by atoms with Gasteiger partial charge in [-0.15, -0.1) is 0 Å².